The van der Waals surface area contributed by atoms with Gasteiger partial charge in [-0.25, -0.2) is 8.78 Å². The maximum absolute atomic E-state index is 12.5. The van der Waals surface area contributed by atoms with Gasteiger partial charge in [0, 0.05) is 11.8 Å². The molecule has 0 atom stereocenters. The quantitative estimate of drug-likeness (QED) is 0.786. The zero-order valence-corrected chi connectivity index (χ0v) is 7.46. The number of halogens is 2. The molecule has 3 nitrogen and oxygen atoms in total. The van der Waals surface area contributed by atoms with Gasteiger partial charge in [0.25, 0.3) is 6.43 Å². The van der Waals surface area contributed by atoms with Crippen LogP contribution in [0.4, 0.5) is 8.78 Å². The maximum atomic E-state index is 12.5. The maximum Gasteiger partial charge on any atom is 0.265 e. The molecule has 1 N–H and O–H groups in total. The van der Waals surface area contributed by atoms with Crippen LogP contribution in [0.1, 0.15) is 28.8 Å². The Bertz CT molecular complexity index is 385. The minimum Gasteiger partial charge on any atom is -0.390 e. The highest BCUT2D eigenvalue weighted by atomic mass is 19.3. The molecule has 0 amide bonds. The first kappa shape index (κ1) is 10.5. The van der Waals surface area contributed by atoms with E-state index >= 15 is 0 Å². The Morgan fingerprint density at radius 2 is 2.29 bits per heavy atom. The Morgan fingerprint density at radius 1 is 1.64 bits per heavy atom. The van der Waals surface area contributed by atoms with Crippen molar-refractivity contribution in [1.82, 2.24) is 4.98 Å². The van der Waals surface area contributed by atoms with E-state index in [-0.39, 0.29) is 22.4 Å². The molecule has 0 aliphatic rings. The first-order valence-electron chi connectivity index (χ1n) is 3.89. The highest BCUT2D eigenvalue weighted by Gasteiger charge is 2.19. The standard InChI is InChI=1S/C9H8F2N2O/c1-5-3-13-7(4-14)6(2-12)8(5)9(10)11/h3,9,14H,4H2,1H3. The van der Waals surface area contributed by atoms with Gasteiger partial charge >= 0.3 is 0 Å². The van der Waals surface area contributed by atoms with Crippen molar-refractivity contribution >= 4 is 0 Å². The summed E-state index contributed by atoms with van der Waals surface area (Å²) in [6.45, 7) is 0.944. The summed E-state index contributed by atoms with van der Waals surface area (Å²) in [5.41, 5.74) is -0.309. The summed E-state index contributed by atoms with van der Waals surface area (Å²) in [5, 5.41) is 17.5. The van der Waals surface area contributed by atoms with Gasteiger partial charge in [-0.15, -0.1) is 0 Å². The minimum atomic E-state index is -2.72. The number of nitriles is 1. The van der Waals surface area contributed by atoms with E-state index in [4.69, 9.17) is 10.4 Å². The molecule has 1 heterocycles. The number of nitrogens with zero attached hydrogens (tertiary/aromatic N) is 2. The zero-order valence-electron chi connectivity index (χ0n) is 7.46. The Kier molecular flexibility index (Phi) is 3.10. The summed E-state index contributed by atoms with van der Waals surface area (Å²) in [6.07, 6.45) is -1.49. The van der Waals surface area contributed by atoms with Crippen LogP contribution in [-0.4, -0.2) is 10.1 Å². The van der Waals surface area contributed by atoms with E-state index in [0.717, 1.165) is 0 Å². The van der Waals surface area contributed by atoms with Crippen molar-refractivity contribution in [2.45, 2.75) is 20.0 Å². The molecule has 0 aromatic carbocycles. The van der Waals surface area contributed by atoms with Gasteiger partial charge in [-0.05, 0) is 12.5 Å². The van der Waals surface area contributed by atoms with E-state index in [1.165, 1.54) is 13.1 Å². The van der Waals surface area contributed by atoms with Crippen LogP contribution in [0.3, 0.4) is 0 Å². The number of aryl methyl sites for hydroxylation is 1. The van der Waals surface area contributed by atoms with E-state index in [9.17, 15) is 8.78 Å². The molecule has 5 heteroatoms. The second kappa shape index (κ2) is 4.11. The molecule has 0 saturated heterocycles. The number of hydrogen-bond donors (Lipinski definition) is 1. The number of pyridine rings is 1. The number of hydrogen-bond acceptors (Lipinski definition) is 3. The number of aliphatic hydroxyl groups excluding tert-OH is 1. The van der Waals surface area contributed by atoms with Gasteiger partial charge in [0.2, 0.25) is 0 Å². The van der Waals surface area contributed by atoms with Gasteiger partial charge in [0.05, 0.1) is 17.9 Å². The monoisotopic (exact) mass is 198 g/mol. The molecular formula is C9H8F2N2O. The molecule has 0 saturated carbocycles. The van der Waals surface area contributed by atoms with Crippen molar-refractivity contribution in [3.8, 4) is 6.07 Å². The van der Waals surface area contributed by atoms with E-state index in [1.54, 1.807) is 6.07 Å². The summed E-state index contributed by atoms with van der Waals surface area (Å²) in [5.74, 6) is 0. The number of aliphatic hydroxyl groups is 1. The van der Waals surface area contributed by atoms with Gasteiger partial charge in [-0.2, -0.15) is 5.26 Å². The van der Waals surface area contributed by atoms with Gasteiger partial charge in [-0.1, -0.05) is 0 Å². The number of rotatable bonds is 2. The van der Waals surface area contributed by atoms with Gasteiger partial charge in [0.1, 0.15) is 6.07 Å². The lowest BCUT2D eigenvalue weighted by molar-refractivity contribution is 0.149. The van der Waals surface area contributed by atoms with Crippen molar-refractivity contribution in [3.63, 3.8) is 0 Å². The van der Waals surface area contributed by atoms with Crippen molar-refractivity contribution in [2.24, 2.45) is 0 Å². The lowest BCUT2D eigenvalue weighted by Gasteiger charge is -2.08. The predicted molar refractivity (Wildman–Crippen MR) is 44.6 cm³/mol. The fraction of sp³-hybridized carbons (Fsp3) is 0.333. The second-order valence-corrected chi connectivity index (χ2v) is 2.75. The Labute approximate surface area is 79.6 Å². The number of aromatic nitrogens is 1. The van der Waals surface area contributed by atoms with E-state index in [1.807, 2.05) is 0 Å². The summed E-state index contributed by atoms with van der Waals surface area (Å²) < 4.78 is 25.1. The minimum absolute atomic E-state index is 0.00611. The van der Waals surface area contributed by atoms with E-state index in [0.29, 0.717) is 0 Å². The van der Waals surface area contributed by atoms with Crippen LogP contribution in [0, 0.1) is 18.3 Å². The van der Waals surface area contributed by atoms with Crippen molar-refractivity contribution in [1.29, 1.82) is 5.26 Å². The molecular weight excluding hydrogens is 190 g/mol. The van der Waals surface area contributed by atoms with E-state index in [2.05, 4.69) is 4.98 Å². The summed E-state index contributed by atoms with van der Waals surface area (Å²) >= 11 is 0. The third kappa shape index (κ3) is 1.70. The summed E-state index contributed by atoms with van der Waals surface area (Å²) in [7, 11) is 0. The zero-order chi connectivity index (χ0) is 10.7. The van der Waals surface area contributed by atoms with Gasteiger partial charge < -0.3 is 5.11 Å². The van der Waals surface area contributed by atoms with Crippen molar-refractivity contribution in [2.75, 3.05) is 0 Å². The lowest BCUT2D eigenvalue weighted by atomic mass is 10.0. The number of alkyl halides is 2. The lowest BCUT2D eigenvalue weighted by Crippen LogP contribution is -2.03. The van der Waals surface area contributed by atoms with Gasteiger partial charge in [0.15, 0.2) is 0 Å². The fourth-order valence-corrected chi connectivity index (χ4v) is 1.19. The fourth-order valence-electron chi connectivity index (χ4n) is 1.19. The molecule has 0 aliphatic carbocycles. The summed E-state index contributed by atoms with van der Waals surface area (Å²) in [4.78, 5) is 3.70. The van der Waals surface area contributed by atoms with Crippen LogP contribution >= 0.6 is 0 Å². The van der Waals surface area contributed by atoms with Crippen LogP contribution < -0.4 is 0 Å². The van der Waals surface area contributed by atoms with Crippen molar-refractivity contribution < 1.29 is 13.9 Å². The Morgan fingerprint density at radius 3 is 2.71 bits per heavy atom. The van der Waals surface area contributed by atoms with Gasteiger partial charge in [-0.3, -0.25) is 4.98 Å². The molecule has 1 aromatic heterocycles. The molecule has 0 unspecified atom stereocenters. The molecule has 0 bridgehead atoms. The molecule has 1 aromatic rings. The van der Waals surface area contributed by atoms with Crippen LogP contribution in [-0.2, 0) is 6.61 Å². The highest BCUT2D eigenvalue weighted by molar-refractivity contribution is 5.45. The molecule has 14 heavy (non-hydrogen) atoms. The third-order valence-electron chi connectivity index (χ3n) is 1.88. The SMILES string of the molecule is Cc1cnc(CO)c(C#N)c1C(F)F. The van der Waals surface area contributed by atoms with Crippen molar-refractivity contribution in [3.05, 3.63) is 28.6 Å². The molecule has 0 radical (unpaired) electrons. The normalized spacial score (nSPS) is 10.3. The summed E-state index contributed by atoms with van der Waals surface area (Å²) in [6, 6.07) is 1.63. The van der Waals surface area contributed by atoms with Crippen LogP contribution in [0.2, 0.25) is 0 Å². The molecule has 0 spiro atoms. The second-order valence-electron chi connectivity index (χ2n) is 2.75. The van der Waals surface area contributed by atoms with E-state index < -0.39 is 13.0 Å². The molecule has 74 valence electrons. The Hall–Kier alpha value is -1.54. The van der Waals surface area contributed by atoms with Crippen LogP contribution in [0.5, 0.6) is 0 Å². The third-order valence-corrected chi connectivity index (χ3v) is 1.88. The first-order valence-corrected chi connectivity index (χ1v) is 3.89. The van der Waals surface area contributed by atoms with Crippen LogP contribution in [0.25, 0.3) is 0 Å². The average Bonchev–Trinajstić information content (AvgIpc) is 2.16. The molecule has 1 rings (SSSR count). The predicted octanol–water partition coefficient (Wildman–Crippen LogP) is 1.69. The largest absolute Gasteiger partial charge is 0.390 e. The highest BCUT2D eigenvalue weighted by Crippen LogP contribution is 2.27. The van der Waals surface area contributed by atoms with Crippen LogP contribution in [0.15, 0.2) is 6.20 Å². The Balaban J connectivity index is 3.45. The molecule has 0 fully saturated rings. The average molecular weight is 198 g/mol. The molecule has 0 aliphatic heterocycles. The first-order chi connectivity index (χ1) is 6.61. The topological polar surface area (TPSA) is 56.9 Å². The smallest absolute Gasteiger partial charge is 0.265 e.